The molecule has 1 aromatic carbocycles. The summed E-state index contributed by atoms with van der Waals surface area (Å²) in [6.07, 6.45) is 0.423. The molecule has 0 fully saturated rings. The lowest BCUT2D eigenvalue weighted by Crippen LogP contribution is -2.31. The normalized spacial score (nSPS) is 15.6. The molecule has 1 aliphatic rings. The Morgan fingerprint density at radius 1 is 1.47 bits per heavy atom. The largest absolute Gasteiger partial charge is 0.367 e. The first-order valence-corrected chi connectivity index (χ1v) is 6.34. The molecule has 92 valence electrons. The van der Waals surface area contributed by atoms with Gasteiger partial charge in [0.25, 0.3) is 0 Å². The van der Waals surface area contributed by atoms with E-state index in [1.807, 2.05) is 18.7 Å². The van der Waals surface area contributed by atoms with E-state index in [-0.39, 0.29) is 17.8 Å². The van der Waals surface area contributed by atoms with Gasteiger partial charge in [-0.05, 0) is 35.8 Å². The number of fused-ring (bicyclic) bond motifs is 1. The highest BCUT2D eigenvalue weighted by molar-refractivity contribution is 9.10. The van der Waals surface area contributed by atoms with Gasteiger partial charge in [0, 0.05) is 25.1 Å². The molecule has 0 spiro atoms. The highest BCUT2D eigenvalue weighted by Gasteiger charge is 2.22. The van der Waals surface area contributed by atoms with Crippen LogP contribution in [0.3, 0.4) is 0 Å². The van der Waals surface area contributed by atoms with E-state index >= 15 is 0 Å². The molecule has 0 saturated carbocycles. The Balaban J connectivity index is 2.53. The summed E-state index contributed by atoms with van der Waals surface area (Å²) in [4.78, 5) is 13.6. The van der Waals surface area contributed by atoms with Gasteiger partial charge in [-0.3, -0.25) is 4.79 Å². The number of halogens is 2. The first-order chi connectivity index (χ1) is 7.99. The lowest BCUT2D eigenvalue weighted by molar-refractivity contribution is -0.115. The monoisotopic (exact) mass is 300 g/mol. The summed E-state index contributed by atoms with van der Waals surface area (Å²) in [7, 11) is 0. The molecule has 1 aliphatic heterocycles. The number of carbonyl (C=O) groups is 1. The van der Waals surface area contributed by atoms with Crippen LogP contribution in [0.2, 0.25) is 0 Å². The maximum absolute atomic E-state index is 13.6. The third kappa shape index (κ3) is 2.44. The standard InChI is InChI=1S/C12H14BrFN2O/c1-7(2)16-4-3-12(17)15-10-5-8(13)9(14)6-11(10)16/h5-7H,3-4H2,1-2H3,(H,15,17). The fourth-order valence-electron chi connectivity index (χ4n) is 1.97. The molecule has 0 bridgehead atoms. The van der Waals surface area contributed by atoms with Crippen LogP contribution in [0, 0.1) is 5.82 Å². The predicted molar refractivity (Wildman–Crippen MR) is 69.8 cm³/mol. The minimum Gasteiger partial charge on any atom is -0.367 e. The Morgan fingerprint density at radius 3 is 2.82 bits per heavy atom. The summed E-state index contributed by atoms with van der Waals surface area (Å²) >= 11 is 3.13. The second-order valence-corrected chi connectivity index (χ2v) is 5.22. The summed E-state index contributed by atoms with van der Waals surface area (Å²) in [5, 5.41) is 2.80. The summed E-state index contributed by atoms with van der Waals surface area (Å²) in [5.74, 6) is -0.349. The van der Waals surface area contributed by atoms with Gasteiger partial charge in [0.15, 0.2) is 0 Å². The molecular formula is C12H14BrFN2O. The van der Waals surface area contributed by atoms with E-state index in [4.69, 9.17) is 0 Å². The number of hydrogen-bond acceptors (Lipinski definition) is 2. The van der Waals surface area contributed by atoms with Crippen LogP contribution in [-0.2, 0) is 4.79 Å². The van der Waals surface area contributed by atoms with Crippen LogP contribution in [0.4, 0.5) is 15.8 Å². The quantitative estimate of drug-likeness (QED) is 0.864. The molecular weight excluding hydrogens is 287 g/mol. The van der Waals surface area contributed by atoms with Gasteiger partial charge in [0.1, 0.15) is 5.82 Å². The van der Waals surface area contributed by atoms with Crippen LogP contribution in [0.15, 0.2) is 16.6 Å². The molecule has 0 aliphatic carbocycles. The maximum atomic E-state index is 13.6. The Hall–Kier alpha value is -1.10. The highest BCUT2D eigenvalue weighted by Crippen LogP contribution is 2.34. The molecule has 1 aromatic rings. The number of nitrogens with zero attached hydrogens (tertiary/aromatic N) is 1. The Kier molecular flexibility index (Phi) is 3.38. The first kappa shape index (κ1) is 12.4. The van der Waals surface area contributed by atoms with E-state index < -0.39 is 0 Å². The van der Waals surface area contributed by atoms with Crippen LogP contribution in [0.25, 0.3) is 0 Å². The number of rotatable bonds is 1. The molecule has 1 amide bonds. The van der Waals surface area contributed by atoms with Gasteiger partial charge in [-0.15, -0.1) is 0 Å². The smallest absolute Gasteiger partial charge is 0.226 e. The fraction of sp³-hybridized carbons (Fsp3) is 0.417. The molecule has 3 nitrogen and oxygen atoms in total. The number of hydrogen-bond donors (Lipinski definition) is 1. The average Bonchev–Trinajstić information content (AvgIpc) is 2.38. The summed E-state index contributed by atoms with van der Waals surface area (Å²) in [5.41, 5.74) is 1.40. The zero-order chi connectivity index (χ0) is 12.6. The van der Waals surface area contributed by atoms with E-state index in [1.54, 1.807) is 6.07 Å². The number of carbonyl (C=O) groups excluding carboxylic acids is 1. The van der Waals surface area contributed by atoms with Crippen LogP contribution in [-0.4, -0.2) is 18.5 Å². The molecule has 0 saturated heterocycles. The van der Waals surface area contributed by atoms with Crippen molar-refractivity contribution in [2.45, 2.75) is 26.3 Å². The SMILES string of the molecule is CC(C)N1CCC(=O)Nc2cc(Br)c(F)cc21. The Bertz CT molecular complexity index is 462. The lowest BCUT2D eigenvalue weighted by atomic mass is 10.2. The minimum atomic E-state index is -0.314. The third-order valence-electron chi connectivity index (χ3n) is 2.83. The van der Waals surface area contributed by atoms with Crippen molar-refractivity contribution in [1.29, 1.82) is 0 Å². The number of benzene rings is 1. The van der Waals surface area contributed by atoms with Crippen LogP contribution < -0.4 is 10.2 Å². The van der Waals surface area contributed by atoms with Gasteiger partial charge in [-0.2, -0.15) is 0 Å². The number of amides is 1. The lowest BCUT2D eigenvalue weighted by Gasteiger charge is -2.28. The second kappa shape index (κ2) is 4.64. The van der Waals surface area contributed by atoms with E-state index in [1.165, 1.54) is 6.07 Å². The van der Waals surface area contributed by atoms with Crippen LogP contribution in [0.1, 0.15) is 20.3 Å². The summed E-state index contributed by atoms with van der Waals surface area (Å²) in [6.45, 7) is 4.66. The summed E-state index contributed by atoms with van der Waals surface area (Å²) in [6, 6.07) is 3.30. The van der Waals surface area contributed by atoms with Crippen molar-refractivity contribution < 1.29 is 9.18 Å². The van der Waals surface area contributed by atoms with Crippen molar-refractivity contribution >= 4 is 33.2 Å². The van der Waals surface area contributed by atoms with E-state index in [0.29, 0.717) is 23.1 Å². The molecule has 1 heterocycles. The minimum absolute atomic E-state index is 0.0343. The van der Waals surface area contributed by atoms with Crippen molar-refractivity contribution in [3.05, 3.63) is 22.4 Å². The van der Waals surface area contributed by atoms with Crippen LogP contribution in [0.5, 0.6) is 0 Å². The zero-order valence-corrected chi connectivity index (χ0v) is 11.3. The van der Waals surface area contributed by atoms with Gasteiger partial charge in [0.05, 0.1) is 15.8 Å². The third-order valence-corrected chi connectivity index (χ3v) is 3.43. The van der Waals surface area contributed by atoms with Gasteiger partial charge >= 0.3 is 0 Å². The van der Waals surface area contributed by atoms with Crippen molar-refractivity contribution in [2.24, 2.45) is 0 Å². The van der Waals surface area contributed by atoms with Crippen molar-refractivity contribution in [1.82, 2.24) is 0 Å². The second-order valence-electron chi connectivity index (χ2n) is 4.37. The van der Waals surface area contributed by atoms with Crippen LogP contribution >= 0.6 is 15.9 Å². The van der Waals surface area contributed by atoms with E-state index in [9.17, 15) is 9.18 Å². The fourth-order valence-corrected chi connectivity index (χ4v) is 2.31. The highest BCUT2D eigenvalue weighted by atomic mass is 79.9. The average molecular weight is 301 g/mol. The van der Waals surface area contributed by atoms with E-state index in [0.717, 1.165) is 5.69 Å². The topological polar surface area (TPSA) is 32.3 Å². The molecule has 2 rings (SSSR count). The molecule has 1 N–H and O–H groups in total. The Morgan fingerprint density at radius 2 is 2.18 bits per heavy atom. The van der Waals surface area contributed by atoms with Gasteiger partial charge in [-0.1, -0.05) is 0 Å². The predicted octanol–water partition coefficient (Wildman–Crippen LogP) is 3.15. The van der Waals surface area contributed by atoms with Crippen molar-refractivity contribution in [2.75, 3.05) is 16.8 Å². The van der Waals surface area contributed by atoms with Crippen molar-refractivity contribution in [3.8, 4) is 0 Å². The Labute approximate surface area is 108 Å². The maximum Gasteiger partial charge on any atom is 0.226 e. The molecule has 17 heavy (non-hydrogen) atoms. The molecule has 0 atom stereocenters. The number of anilines is 2. The molecule has 0 unspecified atom stereocenters. The van der Waals surface area contributed by atoms with Gasteiger partial charge in [-0.25, -0.2) is 4.39 Å². The van der Waals surface area contributed by atoms with Gasteiger partial charge in [0.2, 0.25) is 5.91 Å². The molecule has 0 aromatic heterocycles. The number of nitrogens with one attached hydrogen (secondary N) is 1. The summed E-state index contributed by atoms with van der Waals surface area (Å²) < 4.78 is 14.0. The molecule has 0 radical (unpaired) electrons. The van der Waals surface area contributed by atoms with Gasteiger partial charge < -0.3 is 10.2 Å². The van der Waals surface area contributed by atoms with E-state index in [2.05, 4.69) is 21.2 Å². The first-order valence-electron chi connectivity index (χ1n) is 5.54. The zero-order valence-electron chi connectivity index (χ0n) is 9.76. The van der Waals surface area contributed by atoms with Crippen molar-refractivity contribution in [3.63, 3.8) is 0 Å². The molecule has 5 heteroatoms.